The summed E-state index contributed by atoms with van der Waals surface area (Å²) in [5.74, 6) is -0.156. The molecule has 2 fully saturated rings. The Labute approximate surface area is 94.6 Å². The normalized spacial score (nSPS) is 33.8. The van der Waals surface area contributed by atoms with E-state index in [1.165, 1.54) is 18.6 Å². The summed E-state index contributed by atoms with van der Waals surface area (Å²) in [5.41, 5.74) is 1.95. The van der Waals surface area contributed by atoms with Gasteiger partial charge in [0.2, 0.25) is 11.6 Å². The minimum atomic E-state index is -0.273. The van der Waals surface area contributed by atoms with Crippen molar-refractivity contribution in [3.05, 3.63) is 11.6 Å². The third kappa shape index (κ3) is 1.46. The Morgan fingerprint density at radius 2 is 2.00 bits per heavy atom. The zero-order valence-electron chi connectivity index (χ0n) is 9.24. The Bertz CT molecular complexity index is 420. The van der Waals surface area contributed by atoms with Crippen LogP contribution >= 0.6 is 0 Å². The zero-order valence-corrected chi connectivity index (χ0v) is 9.24. The quantitative estimate of drug-likeness (QED) is 0.581. The van der Waals surface area contributed by atoms with Crippen molar-refractivity contribution in [3.63, 3.8) is 0 Å². The van der Waals surface area contributed by atoms with Gasteiger partial charge in [-0.1, -0.05) is 12.5 Å². The van der Waals surface area contributed by atoms with Crippen LogP contribution in [-0.2, 0) is 9.59 Å². The van der Waals surface area contributed by atoms with E-state index in [2.05, 4.69) is 4.99 Å². The Hall–Kier alpha value is -1.25. The third-order valence-electron chi connectivity index (χ3n) is 3.85. The van der Waals surface area contributed by atoms with Gasteiger partial charge in [-0.05, 0) is 25.7 Å². The molecule has 2 aliphatic carbocycles. The first-order chi connectivity index (χ1) is 7.75. The number of nitrogens with zero attached hydrogens (tertiary/aromatic N) is 1. The average Bonchev–Trinajstić information content (AvgIpc) is 2.32. The maximum atomic E-state index is 11.7. The molecule has 3 rings (SSSR count). The van der Waals surface area contributed by atoms with Gasteiger partial charge in [-0.2, -0.15) is 0 Å². The zero-order chi connectivity index (χ0) is 11.1. The van der Waals surface area contributed by atoms with Gasteiger partial charge in [-0.15, -0.1) is 0 Å². The summed E-state index contributed by atoms with van der Waals surface area (Å²) in [4.78, 5) is 27.8. The predicted octanol–water partition coefficient (Wildman–Crippen LogP) is 1.86. The lowest BCUT2D eigenvalue weighted by Gasteiger charge is -2.31. The number of allylic oxidation sites excluding steroid dienone is 1. The molecule has 0 spiro atoms. The lowest BCUT2D eigenvalue weighted by molar-refractivity contribution is -0.135. The van der Waals surface area contributed by atoms with Crippen LogP contribution in [0.3, 0.4) is 0 Å². The molecule has 0 amide bonds. The largest absolute Gasteiger partial charge is 0.290 e. The van der Waals surface area contributed by atoms with Crippen molar-refractivity contribution in [2.75, 3.05) is 0 Å². The molecule has 0 aromatic carbocycles. The number of dihydropyridines is 1. The predicted molar refractivity (Wildman–Crippen MR) is 60.5 cm³/mol. The van der Waals surface area contributed by atoms with E-state index in [4.69, 9.17) is 0 Å². The minimum absolute atomic E-state index is 0.00505. The Kier molecular flexibility index (Phi) is 2.27. The molecule has 3 nitrogen and oxygen atoms in total. The van der Waals surface area contributed by atoms with E-state index in [1.807, 2.05) is 6.08 Å². The van der Waals surface area contributed by atoms with Crippen LogP contribution in [0.1, 0.15) is 38.5 Å². The van der Waals surface area contributed by atoms with E-state index in [-0.39, 0.29) is 17.6 Å². The molecule has 16 heavy (non-hydrogen) atoms. The Morgan fingerprint density at radius 3 is 2.88 bits per heavy atom. The molecule has 2 saturated carbocycles. The molecule has 1 aliphatic heterocycles. The number of carbonyl (C=O) groups is 2. The van der Waals surface area contributed by atoms with Crippen LogP contribution in [0.2, 0.25) is 0 Å². The van der Waals surface area contributed by atoms with Gasteiger partial charge in [0.25, 0.3) is 0 Å². The summed E-state index contributed by atoms with van der Waals surface area (Å²) in [6, 6.07) is -0.00505. The fraction of sp³-hybridized carbons (Fsp3) is 0.615. The second-order valence-corrected chi connectivity index (χ2v) is 4.90. The first kappa shape index (κ1) is 9.94. The van der Waals surface area contributed by atoms with Crippen molar-refractivity contribution in [1.82, 2.24) is 0 Å². The fourth-order valence-corrected chi connectivity index (χ4v) is 2.95. The van der Waals surface area contributed by atoms with Crippen molar-refractivity contribution in [2.45, 2.75) is 44.6 Å². The van der Waals surface area contributed by atoms with Gasteiger partial charge < -0.3 is 0 Å². The van der Waals surface area contributed by atoms with E-state index in [1.54, 1.807) is 0 Å². The third-order valence-corrected chi connectivity index (χ3v) is 3.85. The Balaban J connectivity index is 1.94. The first-order valence-electron chi connectivity index (χ1n) is 6.11. The van der Waals surface area contributed by atoms with Gasteiger partial charge in [0.1, 0.15) is 0 Å². The van der Waals surface area contributed by atoms with Crippen LogP contribution in [0.4, 0.5) is 0 Å². The summed E-state index contributed by atoms with van der Waals surface area (Å²) < 4.78 is 0. The van der Waals surface area contributed by atoms with Crippen LogP contribution in [-0.4, -0.2) is 23.3 Å². The molecule has 0 bridgehead atoms. The number of fused-ring (bicyclic) bond motifs is 2. The molecule has 0 saturated heterocycles. The topological polar surface area (TPSA) is 46.5 Å². The summed E-state index contributed by atoms with van der Waals surface area (Å²) in [6.45, 7) is 0. The standard InChI is InChI=1S/C13H15NO2/c15-12-6-5-11-9(13(12)16)7-8-3-1-2-4-10(8)14-11/h7-8,11H,1-6H2. The number of Topliss-reactive ketones (excluding diaryl/α,β-unsaturated/α-hetero) is 2. The van der Waals surface area contributed by atoms with Gasteiger partial charge in [-0.3, -0.25) is 14.6 Å². The monoisotopic (exact) mass is 217 g/mol. The second-order valence-electron chi connectivity index (χ2n) is 4.90. The fourth-order valence-electron chi connectivity index (χ4n) is 2.95. The van der Waals surface area contributed by atoms with Crippen LogP contribution in [0.5, 0.6) is 0 Å². The molecule has 84 valence electrons. The van der Waals surface area contributed by atoms with Crippen molar-refractivity contribution in [3.8, 4) is 0 Å². The number of hydrogen-bond donors (Lipinski definition) is 0. The highest BCUT2D eigenvalue weighted by molar-refractivity contribution is 6.44. The van der Waals surface area contributed by atoms with Crippen molar-refractivity contribution >= 4 is 17.3 Å². The van der Waals surface area contributed by atoms with E-state index < -0.39 is 0 Å². The maximum absolute atomic E-state index is 11.7. The molecule has 2 unspecified atom stereocenters. The summed E-state index contributed by atoms with van der Waals surface area (Å²) in [6.07, 6.45) is 7.74. The molecule has 3 heteroatoms. The Morgan fingerprint density at radius 1 is 1.12 bits per heavy atom. The lowest BCUT2D eigenvalue weighted by atomic mass is 9.78. The molecule has 0 aromatic rings. The molecule has 2 atom stereocenters. The van der Waals surface area contributed by atoms with Crippen molar-refractivity contribution in [1.29, 1.82) is 0 Å². The van der Waals surface area contributed by atoms with E-state index in [0.717, 1.165) is 19.3 Å². The van der Waals surface area contributed by atoms with Crippen LogP contribution in [0.25, 0.3) is 0 Å². The van der Waals surface area contributed by atoms with Crippen molar-refractivity contribution in [2.24, 2.45) is 10.9 Å². The summed E-state index contributed by atoms with van der Waals surface area (Å²) >= 11 is 0. The summed E-state index contributed by atoms with van der Waals surface area (Å²) in [7, 11) is 0. The van der Waals surface area contributed by atoms with Gasteiger partial charge in [0, 0.05) is 23.6 Å². The summed E-state index contributed by atoms with van der Waals surface area (Å²) in [5, 5.41) is 0. The minimum Gasteiger partial charge on any atom is -0.290 e. The van der Waals surface area contributed by atoms with Crippen molar-refractivity contribution < 1.29 is 9.59 Å². The van der Waals surface area contributed by atoms with E-state index in [0.29, 0.717) is 17.9 Å². The number of ketones is 2. The van der Waals surface area contributed by atoms with Gasteiger partial charge in [-0.25, -0.2) is 0 Å². The molecule has 0 aromatic heterocycles. The molecular weight excluding hydrogens is 202 g/mol. The van der Waals surface area contributed by atoms with Gasteiger partial charge in [0.05, 0.1) is 6.04 Å². The van der Waals surface area contributed by atoms with E-state index >= 15 is 0 Å². The smallest absolute Gasteiger partial charge is 0.226 e. The van der Waals surface area contributed by atoms with E-state index in [9.17, 15) is 9.59 Å². The molecule has 0 N–H and O–H groups in total. The molecular formula is C13H15NO2. The van der Waals surface area contributed by atoms with Crippen LogP contribution < -0.4 is 0 Å². The first-order valence-corrected chi connectivity index (χ1v) is 6.11. The SMILES string of the molecule is O=C1CCC2N=C3CCCCC3C=C2C1=O. The number of rotatable bonds is 0. The number of aliphatic imine (C=N–C) groups is 1. The van der Waals surface area contributed by atoms with Gasteiger partial charge in [0.15, 0.2) is 0 Å². The number of hydrogen-bond acceptors (Lipinski definition) is 3. The molecule has 1 heterocycles. The highest BCUT2D eigenvalue weighted by atomic mass is 16.2. The highest BCUT2D eigenvalue weighted by Crippen LogP contribution is 2.33. The molecule has 3 aliphatic rings. The highest BCUT2D eigenvalue weighted by Gasteiger charge is 2.36. The average molecular weight is 217 g/mol. The number of carbonyl (C=O) groups excluding carboxylic acids is 2. The van der Waals surface area contributed by atoms with Crippen LogP contribution in [0, 0.1) is 5.92 Å². The molecule has 0 radical (unpaired) electrons. The lowest BCUT2D eigenvalue weighted by Crippen LogP contribution is -2.36. The maximum Gasteiger partial charge on any atom is 0.226 e. The van der Waals surface area contributed by atoms with Gasteiger partial charge >= 0.3 is 0 Å². The second kappa shape index (κ2) is 3.65. The van der Waals surface area contributed by atoms with Crippen LogP contribution in [0.15, 0.2) is 16.6 Å².